The average molecular weight is 168 g/mol. The maximum absolute atomic E-state index is 3.91. The van der Waals surface area contributed by atoms with Crippen LogP contribution in [0.4, 0.5) is 0 Å². The Bertz CT molecular complexity index is 195. The van der Waals surface area contributed by atoms with Crippen molar-refractivity contribution in [2.45, 2.75) is 39.3 Å². The van der Waals surface area contributed by atoms with Gasteiger partial charge in [-0.15, -0.1) is 5.92 Å². The summed E-state index contributed by atoms with van der Waals surface area (Å²) in [6, 6.07) is 0. The first-order chi connectivity index (χ1) is 5.04. The first-order valence-corrected chi connectivity index (χ1v) is 4.91. The average Bonchev–Trinajstić information content (AvgIpc) is 1.87. The van der Waals surface area contributed by atoms with Crippen LogP contribution >= 0.6 is 8.58 Å². The molecule has 0 aliphatic carbocycles. The zero-order chi connectivity index (χ0) is 8.91. The highest BCUT2D eigenvalue weighted by molar-refractivity contribution is 7.45. The molecule has 0 rings (SSSR count). The first-order valence-electron chi connectivity index (χ1n) is 3.91. The summed E-state index contributed by atoms with van der Waals surface area (Å²) < 4.78 is 0. The van der Waals surface area contributed by atoms with E-state index in [-0.39, 0.29) is 5.16 Å². The molecule has 0 fully saturated rings. The van der Waals surface area contributed by atoms with Crippen LogP contribution in [0.2, 0.25) is 0 Å². The van der Waals surface area contributed by atoms with Crippen LogP contribution in [0.1, 0.15) is 34.1 Å². The summed E-state index contributed by atoms with van der Waals surface area (Å²) in [5.74, 6) is 6.22. The lowest BCUT2D eigenvalue weighted by atomic mass is 10.1. The molecule has 2 unspecified atom stereocenters. The van der Waals surface area contributed by atoms with Gasteiger partial charge < -0.3 is 0 Å². The van der Waals surface area contributed by atoms with Gasteiger partial charge in [-0.05, 0) is 27.2 Å². The predicted molar refractivity (Wildman–Crippen MR) is 55.3 cm³/mol. The number of allylic oxidation sites excluding steroid dienone is 1. The van der Waals surface area contributed by atoms with Gasteiger partial charge in [0.1, 0.15) is 0 Å². The molecule has 2 atom stereocenters. The monoisotopic (exact) mass is 168 g/mol. The van der Waals surface area contributed by atoms with Gasteiger partial charge in [0.2, 0.25) is 0 Å². The van der Waals surface area contributed by atoms with Gasteiger partial charge in [-0.1, -0.05) is 33.3 Å². The van der Waals surface area contributed by atoms with Crippen molar-refractivity contribution in [2.24, 2.45) is 0 Å². The van der Waals surface area contributed by atoms with Crippen LogP contribution in [0.25, 0.3) is 0 Å². The lowest BCUT2D eigenvalue weighted by Gasteiger charge is -2.21. The summed E-state index contributed by atoms with van der Waals surface area (Å²) >= 11 is 0. The number of rotatable bonds is 3. The Morgan fingerprint density at radius 3 is 2.45 bits per heavy atom. The molecule has 0 aromatic rings. The van der Waals surface area contributed by atoms with E-state index in [4.69, 9.17) is 0 Å². The van der Waals surface area contributed by atoms with Crippen LogP contribution in [0.15, 0.2) is 11.9 Å². The Morgan fingerprint density at radius 2 is 2.18 bits per heavy atom. The van der Waals surface area contributed by atoms with E-state index < -0.39 is 0 Å². The van der Waals surface area contributed by atoms with Gasteiger partial charge in [0.15, 0.2) is 0 Å². The van der Waals surface area contributed by atoms with Gasteiger partial charge in [-0.25, -0.2) is 0 Å². The molecule has 0 amide bonds. The fourth-order valence-electron chi connectivity index (χ4n) is 0.955. The highest BCUT2D eigenvalue weighted by Gasteiger charge is 2.18. The first kappa shape index (κ1) is 10.7. The van der Waals surface area contributed by atoms with E-state index in [1.165, 1.54) is 5.31 Å². The lowest BCUT2D eigenvalue weighted by molar-refractivity contribution is 0.774. The molecule has 62 valence electrons. The maximum Gasteiger partial charge on any atom is 0.0489 e. The van der Waals surface area contributed by atoms with Crippen molar-refractivity contribution < 1.29 is 0 Å². The predicted octanol–water partition coefficient (Wildman–Crippen LogP) is 3.39. The van der Waals surface area contributed by atoms with Crippen LogP contribution in [-0.4, -0.2) is 5.16 Å². The van der Waals surface area contributed by atoms with E-state index in [0.717, 1.165) is 15.0 Å². The van der Waals surface area contributed by atoms with E-state index in [0.29, 0.717) is 0 Å². The molecule has 1 heteroatoms. The van der Waals surface area contributed by atoms with E-state index in [1.807, 2.05) is 6.92 Å². The largest absolute Gasteiger partial charge is 0.106 e. The molecule has 0 heterocycles. The van der Waals surface area contributed by atoms with Crippen molar-refractivity contribution >= 4 is 8.58 Å². The third-order valence-corrected chi connectivity index (χ3v) is 3.05. The zero-order valence-electron chi connectivity index (χ0n) is 7.91. The van der Waals surface area contributed by atoms with Crippen LogP contribution in [0.3, 0.4) is 0 Å². The van der Waals surface area contributed by atoms with Crippen LogP contribution in [0.5, 0.6) is 0 Å². The quantitative estimate of drug-likeness (QED) is 0.447. The molecule has 0 saturated carbocycles. The summed E-state index contributed by atoms with van der Waals surface area (Å²) in [5, 5.41) is 1.43. The zero-order valence-corrected chi connectivity index (χ0v) is 8.91. The normalized spacial score (nSPS) is 15.6. The minimum Gasteiger partial charge on any atom is -0.106 e. The van der Waals surface area contributed by atoms with Gasteiger partial charge in [0.05, 0.1) is 0 Å². The molecular weight excluding hydrogens is 151 g/mol. The second-order valence-corrected chi connectivity index (χ2v) is 5.17. The van der Waals surface area contributed by atoms with Crippen LogP contribution < -0.4 is 0 Å². The summed E-state index contributed by atoms with van der Waals surface area (Å²) in [6.45, 7) is 12.3. The van der Waals surface area contributed by atoms with Crippen molar-refractivity contribution in [3.05, 3.63) is 11.9 Å². The molecule has 0 N–H and O–H groups in total. The minimum atomic E-state index is 0.181. The van der Waals surface area contributed by atoms with E-state index >= 15 is 0 Å². The summed E-state index contributed by atoms with van der Waals surface area (Å²) in [5.41, 5.74) is 0. The standard InChI is InChI=1S/C10H17P/c1-6-8-10(5,7-2)11-9(3)4/h11H,3,7H2,1-2,4-5H3. The molecule has 0 aliphatic rings. The Morgan fingerprint density at radius 1 is 1.64 bits per heavy atom. The SMILES string of the molecule is C=C(C)PC(C)(C#CC)CC. The number of hydrogen-bond acceptors (Lipinski definition) is 0. The van der Waals surface area contributed by atoms with Crippen LogP contribution in [0, 0.1) is 11.8 Å². The number of hydrogen-bond donors (Lipinski definition) is 0. The molecule has 0 spiro atoms. The fraction of sp³-hybridized carbons (Fsp3) is 0.600. The summed E-state index contributed by atoms with van der Waals surface area (Å²) in [6.07, 6.45) is 1.11. The van der Waals surface area contributed by atoms with Crippen molar-refractivity contribution in [1.82, 2.24) is 0 Å². The second-order valence-electron chi connectivity index (χ2n) is 2.97. The highest BCUT2D eigenvalue weighted by atomic mass is 31.1. The van der Waals surface area contributed by atoms with Crippen molar-refractivity contribution in [3.8, 4) is 11.8 Å². The van der Waals surface area contributed by atoms with Gasteiger partial charge in [-0.2, -0.15) is 0 Å². The highest BCUT2D eigenvalue weighted by Crippen LogP contribution is 2.39. The molecule has 0 aromatic heterocycles. The molecule has 0 saturated heterocycles. The lowest BCUT2D eigenvalue weighted by Crippen LogP contribution is -2.13. The fourth-order valence-corrected chi connectivity index (χ4v) is 2.26. The van der Waals surface area contributed by atoms with Gasteiger partial charge in [-0.3, -0.25) is 0 Å². The topological polar surface area (TPSA) is 0 Å². The summed E-state index contributed by atoms with van der Waals surface area (Å²) in [4.78, 5) is 0. The molecule has 11 heavy (non-hydrogen) atoms. The Hall–Kier alpha value is -0.270. The summed E-state index contributed by atoms with van der Waals surface area (Å²) in [7, 11) is 0.771. The third kappa shape index (κ3) is 4.23. The van der Waals surface area contributed by atoms with Gasteiger partial charge in [0.25, 0.3) is 0 Å². The third-order valence-electron chi connectivity index (χ3n) is 1.60. The Kier molecular flexibility index (Phi) is 4.46. The molecule has 0 aliphatic heterocycles. The molecule has 0 aromatic carbocycles. The van der Waals surface area contributed by atoms with Crippen molar-refractivity contribution in [3.63, 3.8) is 0 Å². The minimum absolute atomic E-state index is 0.181. The van der Waals surface area contributed by atoms with Crippen molar-refractivity contribution in [1.29, 1.82) is 0 Å². The van der Waals surface area contributed by atoms with Crippen molar-refractivity contribution in [2.75, 3.05) is 0 Å². The van der Waals surface area contributed by atoms with Gasteiger partial charge >= 0.3 is 0 Å². The van der Waals surface area contributed by atoms with Gasteiger partial charge in [0, 0.05) is 5.16 Å². The smallest absolute Gasteiger partial charge is 0.0489 e. The Labute approximate surface area is 72.2 Å². The van der Waals surface area contributed by atoms with E-state index in [2.05, 4.69) is 39.2 Å². The molecule has 0 radical (unpaired) electrons. The Balaban J connectivity index is 4.30. The molecule has 0 nitrogen and oxygen atoms in total. The van der Waals surface area contributed by atoms with E-state index in [1.54, 1.807) is 0 Å². The maximum atomic E-state index is 3.91. The molecule has 0 bridgehead atoms. The molecular formula is C10H17P. The van der Waals surface area contributed by atoms with E-state index in [9.17, 15) is 0 Å². The second kappa shape index (κ2) is 4.58. The van der Waals surface area contributed by atoms with Crippen LogP contribution in [-0.2, 0) is 0 Å².